The summed E-state index contributed by atoms with van der Waals surface area (Å²) >= 11 is 1.63. The van der Waals surface area contributed by atoms with Crippen molar-refractivity contribution in [3.05, 3.63) is 41.5 Å². The molecule has 0 bridgehead atoms. The van der Waals surface area contributed by atoms with Crippen molar-refractivity contribution in [2.45, 2.75) is 26.3 Å². The van der Waals surface area contributed by atoms with Gasteiger partial charge in [0.15, 0.2) is 11.5 Å². The zero-order valence-electron chi connectivity index (χ0n) is 14.4. The fourth-order valence-electron chi connectivity index (χ4n) is 3.06. The molecule has 5 nitrogen and oxygen atoms in total. The van der Waals surface area contributed by atoms with Gasteiger partial charge in [-0.3, -0.25) is 0 Å². The largest absolute Gasteiger partial charge is 0.490 e. The molecule has 1 aliphatic heterocycles. The second kappa shape index (κ2) is 6.88. The first kappa shape index (κ1) is 16.1. The third-order valence-electron chi connectivity index (χ3n) is 4.35. The molecule has 0 saturated carbocycles. The highest BCUT2D eigenvalue weighted by Gasteiger charge is 2.20. The van der Waals surface area contributed by atoms with Crippen LogP contribution < -0.4 is 14.8 Å². The first-order valence-electron chi connectivity index (χ1n) is 8.56. The number of nitrogens with zero attached hydrogens (tertiary/aromatic N) is 2. The average Bonchev–Trinajstić information content (AvgIpc) is 2.97. The maximum absolute atomic E-state index is 5.85. The fraction of sp³-hybridized carbons (Fsp3) is 0.368. The van der Waals surface area contributed by atoms with E-state index in [0.29, 0.717) is 19.1 Å². The second-order valence-corrected chi connectivity index (χ2v) is 7.38. The lowest BCUT2D eigenvalue weighted by atomic mass is 9.95. The minimum Gasteiger partial charge on any atom is -0.490 e. The third-order valence-corrected chi connectivity index (χ3v) is 5.17. The van der Waals surface area contributed by atoms with Gasteiger partial charge >= 0.3 is 0 Å². The number of rotatable bonds is 4. The summed E-state index contributed by atoms with van der Waals surface area (Å²) in [5, 5.41) is 6.71. The Bertz CT molecular complexity index is 878. The molecule has 0 spiro atoms. The minimum absolute atomic E-state index is 0.121. The average molecular weight is 355 g/mol. The predicted octanol–water partition coefficient (Wildman–Crippen LogP) is 4.66. The van der Waals surface area contributed by atoms with E-state index in [1.54, 1.807) is 17.7 Å². The first-order valence-corrected chi connectivity index (χ1v) is 9.44. The van der Waals surface area contributed by atoms with E-state index in [1.807, 2.05) is 11.4 Å². The summed E-state index contributed by atoms with van der Waals surface area (Å²) in [6.45, 7) is 5.80. The van der Waals surface area contributed by atoms with Crippen molar-refractivity contribution in [3.8, 4) is 11.5 Å². The molecule has 1 unspecified atom stereocenters. The van der Waals surface area contributed by atoms with E-state index in [9.17, 15) is 0 Å². The van der Waals surface area contributed by atoms with Gasteiger partial charge in [-0.2, -0.15) is 0 Å². The Hall–Kier alpha value is -2.34. The van der Waals surface area contributed by atoms with Crippen LogP contribution in [0.25, 0.3) is 10.2 Å². The van der Waals surface area contributed by atoms with Crippen molar-refractivity contribution in [1.82, 2.24) is 9.97 Å². The molecule has 0 saturated heterocycles. The molecule has 3 aromatic rings. The van der Waals surface area contributed by atoms with E-state index < -0.39 is 0 Å². The third kappa shape index (κ3) is 3.26. The van der Waals surface area contributed by atoms with Gasteiger partial charge in [-0.1, -0.05) is 19.9 Å². The molecule has 1 atom stereocenters. The van der Waals surface area contributed by atoms with Gasteiger partial charge < -0.3 is 14.8 Å². The van der Waals surface area contributed by atoms with E-state index in [1.165, 1.54) is 5.56 Å². The summed E-state index contributed by atoms with van der Waals surface area (Å²) in [7, 11) is 0. The normalized spacial score (nSPS) is 15.2. The molecule has 0 aliphatic carbocycles. The Morgan fingerprint density at radius 1 is 1.08 bits per heavy atom. The lowest BCUT2D eigenvalue weighted by molar-refractivity contribution is 0.297. The molecule has 130 valence electrons. The van der Waals surface area contributed by atoms with Gasteiger partial charge in [-0.05, 0) is 35.1 Å². The quantitative estimate of drug-likeness (QED) is 0.737. The molecule has 0 amide bonds. The molecule has 25 heavy (non-hydrogen) atoms. The molecule has 6 heteroatoms. The smallest absolute Gasteiger partial charge is 0.161 e. The zero-order valence-corrected chi connectivity index (χ0v) is 15.2. The molecule has 0 fully saturated rings. The summed E-state index contributed by atoms with van der Waals surface area (Å²) in [4.78, 5) is 9.78. The molecular formula is C19H21N3O2S. The SMILES string of the molecule is CC(C)C(Nc1ncnc2sccc12)c1ccc2c(c1)OCCCO2. The van der Waals surface area contributed by atoms with Crippen LogP contribution in [-0.2, 0) is 0 Å². The Balaban J connectivity index is 1.68. The lowest BCUT2D eigenvalue weighted by Crippen LogP contribution is -2.18. The molecule has 1 N–H and O–H groups in total. The number of anilines is 1. The second-order valence-electron chi connectivity index (χ2n) is 6.48. The molecule has 2 aromatic heterocycles. The number of benzene rings is 1. The number of hydrogen-bond acceptors (Lipinski definition) is 6. The predicted molar refractivity (Wildman–Crippen MR) is 101 cm³/mol. The number of aromatic nitrogens is 2. The first-order chi connectivity index (χ1) is 12.2. The van der Waals surface area contributed by atoms with Crippen LogP contribution in [-0.4, -0.2) is 23.2 Å². The number of ether oxygens (including phenoxy) is 2. The molecule has 4 rings (SSSR count). The van der Waals surface area contributed by atoms with Gasteiger partial charge in [0.05, 0.1) is 24.6 Å². The monoisotopic (exact) mass is 355 g/mol. The van der Waals surface area contributed by atoms with Crippen molar-refractivity contribution >= 4 is 27.4 Å². The van der Waals surface area contributed by atoms with Crippen LogP contribution in [0.5, 0.6) is 11.5 Å². The zero-order chi connectivity index (χ0) is 17.2. The molecule has 0 radical (unpaired) electrons. The number of hydrogen-bond donors (Lipinski definition) is 1. The number of thiophene rings is 1. The van der Waals surface area contributed by atoms with Gasteiger partial charge in [0.25, 0.3) is 0 Å². The molecule has 3 heterocycles. The Labute approximate surface area is 151 Å². The van der Waals surface area contributed by atoms with Crippen LogP contribution in [0.2, 0.25) is 0 Å². The minimum atomic E-state index is 0.121. The van der Waals surface area contributed by atoms with E-state index >= 15 is 0 Å². The standard InChI is InChI=1S/C19H21N3O2S/c1-12(2)17(22-18-14-6-9-25-19(14)21-11-20-18)13-4-5-15-16(10-13)24-8-3-7-23-15/h4-6,9-12,17H,3,7-8H2,1-2H3,(H,20,21,22). The molecule has 1 aromatic carbocycles. The van der Waals surface area contributed by atoms with Crippen LogP contribution in [0.15, 0.2) is 36.0 Å². The van der Waals surface area contributed by atoms with Crippen molar-refractivity contribution in [3.63, 3.8) is 0 Å². The van der Waals surface area contributed by atoms with E-state index in [2.05, 4.69) is 47.3 Å². The van der Waals surface area contributed by atoms with Gasteiger partial charge in [0.1, 0.15) is 17.0 Å². The summed E-state index contributed by atoms with van der Waals surface area (Å²) in [6.07, 6.45) is 2.53. The highest BCUT2D eigenvalue weighted by atomic mass is 32.1. The maximum Gasteiger partial charge on any atom is 0.161 e. The fourth-order valence-corrected chi connectivity index (χ4v) is 3.79. The maximum atomic E-state index is 5.85. The van der Waals surface area contributed by atoms with Crippen molar-refractivity contribution in [1.29, 1.82) is 0 Å². The topological polar surface area (TPSA) is 56.3 Å². The summed E-state index contributed by atoms with van der Waals surface area (Å²) in [5.41, 5.74) is 1.17. The van der Waals surface area contributed by atoms with Crippen molar-refractivity contribution in [2.24, 2.45) is 5.92 Å². The van der Waals surface area contributed by atoms with Crippen molar-refractivity contribution in [2.75, 3.05) is 18.5 Å². The number of nitrogens with one attached hydrogen (secondary N) is 1. The van der Waals surface area contributed by atoms with Crippen LogP contribution in [0.3, 0.4) is 0 Å². The van der Waals surface area contributed by atoms with Crippen LogP contribution in [0.1, 0.15) is 31.9 Å². The number of fused-ring (bicyclic) bond motifs is 2. The highest BCUT2D eigenvalue weighted by Crippen LogP contribution is 2.36. The lowest BCUT2D eigenvalue weighted by Gasteiger charge is -2.24. The van der Waals surface area contributed by atoms with E-state index in [0.717, 1.165) is 34.0 Å². The van der Waals surface area contributed by atoms with Crippen molar-refractivity contribution < 1.29 is 9.47 Å². The van der Waals surface area contributed by atoms with Gasteiger partial charge in [0, 0.05) is 6.42 Å². The Kier molecular flexibility index (Phi) is 4.44. The van der Waals surface area contributed by atoms with Crippen LogP contribution in [0.4, 0.5) is 5.82 Å². The summed E-state index contributed by atoms with van der Waals surface area (Å²) in [6, 6.07) is 8.39. The summed E-state index contributed by atoms with van der Waals surface area (Å²) in [5.74, 6) is 2.90. The molecule has 1 aliphatic rings. The van der Waals surface area contributed by atoms with Gasteiger partial charge in [-0.25, -0.2) is 9.97 Å². The molecular weight excluding hydrogens is 334 g/mol. The van der Waals surface area contributed by atoms with E-state index in [-0.39, 0.29) is 6.04 Å². The van der Waals surface area contributed by atoms with E-state index in [4.69, 9.17) is 9.47 Å². The Morgan fingerprint density at radius 2 is 1.92 bits per heavy atom. The van der Waals surface area contributed by atoms with Crippen LogP contribution in [0, 0.1) is 5.92 Å². The van der Waals surface area contributed by atoms with Crippen LogP contribution >= 0.6 is 11.3 Å². The highest BCUT2D eigenvalue weighted by molar-refractivity contribution is 7.16. The van der Waals surface area contributed by atoms with Gasteiger partial charge in [0.2, 0.25) is 0 Å². The Morgan fingerprint density at radius 3 is 2.76 bits per heavy atom. The summed E-state index contributed by atoms with van der Waals surface area (Å²) < 4.78 is 11.6. The van der Waals surface area contributed by atoms with Gasteiger partial charge in [-0.15, -0.1) is 11.3 Å².